The SMILES string of the molecule is CCC1CCC(=O)N1CCCc1ccc(C(=O)O)cc1. The summed E-state index contributed by atoms with van der Waals surface area (Å²) in [4.78, 5) is 24.5. The van der Waals surface area contributed by atoms with Crippen molar-refractivity contribution in [3.63, 3.8) is 0 Å². The molecule has 0 spiro atoms. The largest absolute Gasteiger partial charge is 0.478 e. The zero-order chi connectivity index (χ0) is 14.5. The number of hydrogen-bond acceptors (Lipinski definition) is 2. The Morgan fingerprint density at radius 1 is 1.35 bits per heavy atom. The molecule has 20 heavy (non-hydrogen) atoms. The topological polar surface area (TPSA) is 57.6 Å². The first-order valence-corrected chi connectivity index (χ1v) is 7.23. The fourth-order valence-electron chi connectivity index (χ4n) is 2.79. The van der Waals surface area contributed by atoms with E-state index >= 15 is 0 Å². The number of carboxylic acids is 1. The summed E-state index contributed by atoms with van der Waals surface area (Å²) in [7, 11) is 0. The van der Waals surface area contributed by atoms with Crippen molar-refractivity contribution >= 4 is 11.9 Å². The quantitative estimate of drug-likeness (QED) is 0.868. The molecule has 1 unspecified atom stereocenters. The molecule has 108 valence electrons. The predicted molar refractivity (Wildman–Crippen MR) is 76.7 cm³/mol. The number of hydrogen-bond donors (Lipinski definition) is 1. The number of nitrogens with zero attached hydrogens (tertiary/aromatic N) is 1. The lowest BCUT2D eigenvalue weighted by Crippen LogP contribution is -2.33. The molecule has 1 aliphatic rings. The number of carboxylic acid groups (broad SMARTS) is 1. The van der Waals surface area contributed by atoms with Crippen molar-refractivity contribution in [2.24, 2.45) is 0 Å². The van der Waals surface area contributed by atoms with Gasteiger partial charge < -0.3 is 10.0 Å². The number of aryl methyl sites for hydroxylation is 1. The van der Waals surface area contributed by atoms with Gasteiger partial charge in [-0.05, 0) is 43.4 Å². The first kappa shape index (κ1) is 14.6. The third-order valence-electron chi connectivity index (χ3n) is 3.99. The fraction of sp³-hybridized carbons (Fsp3) is 0.500. The lowest BCUT2D eigenvalue weighted by molar-refractivity contribution is -0.129. The number of likely N-dealkylation sites (tertiary alicyclic amines) is 1. The third-order valence-corrected chi connectivity index (χ3v) is 3.99. The van der Waals surface area contributed by atoms with Crippen molar-refractivity contribution < 1.29 is 14.7 Å². The highest BCUT2D eigenvalue weighted by Crippen LogP contribution is 2.21. The van der Waals surface area contributed by atoms with Crippen LogP contribution < -0.4 is 0 Å². The van der Waals surface area contributed by atoms with Crippen LogP contribution >= 0.6 is 0 Å². The molecule has 1 amide bonds. The zero-order valence-electron chi connectivity index (χ0n) is 11.8. The number of rotatable bonds is 6. The third kappa shape index (κ3) is 3.38. The molecule has 1 atom stereocenters. The van der Waals surface area contributed by atoms with Crippen LogP contribution in [0.15, 0.2) is 24.3 Å². The van der Waals surface area contributed by atoms with Crippen LogP contribution in [0.2, 0.25) is 0 Å². The first-order valence-electron chi connectivity index (χ1n) is 7.23. The summed E-state index contributed by atoms with van der Waals surface area (Å²) in [6.07, 6.45) is 4.50. The summed E-state index contributed by atoms with van der Waals surface area (Å²) in [5.41, 5.74) is 1.43. The molecule has 1 N–H and O–H groups in total. The molecule has 4 nitrogen and oxygen atoms in total. The maximum absolute atomic E-state index is 11.8. The second-order valence-electron chi connectivity index (χ2n) is 5.29. The molecule has 0 saturated carbocycles. The van der Waals surface area contributed by atoms with E-state index in [0.29, 0.717) is 18.0 Å². The lowest BCUT2D eigenvalue weighted by Gasteiger charge is -2.23. The molecule has 0 aliphatic carbocycles. The number of carbonyl (C=O) groups excluding carboxylic acids is 1. The van der Waals surface area contributed by atoms with Crippen LogP contribution in [0, 0.1) is 0 Å². The van der Waals surface area contributed by atoms with Gasteiger partial charge in [-0.15, -0.1) is 0 Å². The van der Waals surface area contributed by atoms with Gasteiger partial charge in [0.25, 0.3) is 0 Å². The van der Waals surface area contributed by atoms with E-state index in [0.717, 1.165) is 37.8 Å². The van der Waals surface area contributed by atoms with Crippen molar-refractivity contribution in [3.8, 4) is 0 Å². The average Bonchev–Trinajstić information content (AvgIpc) is 2.80. The minimum absolute atomic E-state index is 0.276. The van der Waals surface area contributed by atoms with Gasteiger partial charge in [0.1, 0.15) is 0 Å². The summed E-state index contributed by atoms with van der Waals surface area (Å²) in [6, 6.07) is 7.39. The highest BCUT2D eigenvalue weighted by molar-refractivity contribution is 5.87. The highest BCUT2D eigenvalue weighted by Gasteiger charge is 2.28. The standard InChI is InChI=1S/C16H21NO3/c1-2-14-9-10-15(18)17(14)11-3-4-12-5-7-13(8-6-12)16(19)20/h5-8,14H,2-4,9-11H2,1H3,(H,19,20). The molecule has 1 aromatic rings. The maximum Gasteiger partial charge on any atom is 0.335 e. The van der Waals surface area contributed by atoms with E-state index in [-0.39, 0.29) is 5.91 Å². The fourth-order valence-corrected chi connectivity index (χ4v) is 2.79. The van der Waals surface area contributed by atoms with E-state index < -0.39 is 5.97 Å². The van der Waals surface area contributed by atoms with Crippen molar-refractivity contribution in [1.29, 1.82) is 0 Å². The molecule has 1 aliphatic heterocycles. The first-order chi connectivity index (χ1) is 9.61. The Kier molecular flexibility index (Phi) is 4.77. The predicted octanol–water partition coefficient (Wildman–Crippen LogP) is 2.72. The molecule has 1 fully saturated rings. The average molecular weight is 275 g/mol. The van der Waals surface area contributed by atoms with Gasteiger partial charge in [0.2, 0.25) is 5.91 Å². The van der Waals surface area contributed by atoms with E-state index in [9.17, 15) is 9.59 Å². The Bertz CT molecular complexity index is 481. The molecule has 1 saturated heterocycles. The van der Waals surface area contributed by atoms with Crippen LogP contribution in [-0.2, 0) is 11.2 Å². The van der Waals surface area contributed by atoms with Gasteiger partial charge in [-0.2, -0.15) is 0 Å². The van der Waals surface area contributed by atoms with Crippen LogP contribution in [-0.4, -0.2) is 34.5 Å². The normalized spacial score (nSPS) is 18.6. The van der Waals surface area contributed by atoms with E-state index in [1.165, 1.54) is 0 Å². The smallest absolute Gasteiger partial charge is 0.335 e. The minimum atomic E-state index is -0.898. The second-order valence-corrected chi connectivity index (χ2v) is 5.29. The summed E-state index contributed by atoms with van der Waals surface area (Å²) in [6.45, 7) is 2.93. The van der Waals surface area contributed by atoms with Crippen LogP contribution in [0.5, 0.6) is 0 Å². The van der Waals surface area contributed by atoms with Crippen molar-refractivity contribution in [3.05, 3.63) is 35.4 Å². The van der Waals surface area contributed by atoms with E-state index in [4.69, 9.17) is 5.11 Å². The summed E-state index contributed by atoms with van der Waals surface area (Å²) in [5, 5.41) is 8.84. The van der Waals surface area contributed by atoms with Crippen molar-refractivity contribution in [1.82, 2.24) is 4.90 Å². The Morgan fingerprint density at radius 2 is 2.05 bits per heavy atom. The van der Waals surface area contributed by atoms with Gasteiger partial charge in [0.15, 0.2) is 0 Å². The lowest BCUT2D eigenvalue weighted by atomic mass is 10.1. The summed E-state index contributed by atoms with van der Waals surface area (Å²) >= 11 is 0. The number of benzene rings is 1. The van der Waals surface area contributed by atoms with Crippen LogP contribution in [0.25, 0.3) is 0 Å². The second kappa shape index (κ2) is 6.55. The van der Waals surface area contributed by atoms with Crippen LogP contribution in [0.1, 0.15) is 48.5 Å². The van der Waals surface area contributed by atoms with Crippen molar-refractivity contribution in [2.45, 2.75) is 45.1 Å². The molecule has 1 aromatic carbocycles. The van der Waals surface area contributed by atoms with Gasteiger partial charge in [-0.1, -0.05) is 19.1 Å². The molecular weight excluding hydrogens is 254 g/mol. The van der Waals surface area contributed by atoms with Gasteiger partial charge in [-0.3, -0.25) is 4.79 Å². The van der Waals surface area contributed by atoms with E-state index in [1.807, 2.05) is 17.0 Å². The monoisotopic (exact) mass is 275 g/mol. The summed E-state index contributed by atoms with van der Waals surface area (Å²) in [5.74, 6) is -0.622. The molecule has 4 heteroatoms. The van der Waals surface area contributed by atoms with Crippen LogP contribution in [0.4, 0.5) is 0 Å². The van der Waals surface area contributed by atoms with Gasteiger partial charge in [0.05, 0.1) is 5.56 Å². The Morgan fingerprint density at radius 3 is 2.65 bits per heavy atom. The van der Waals surface area contributed by atoms with Crippen molar-refractivity contribution in [2.75, 3.05) is 6.54 Å². The molecule has 0 aromatic heterocycles. The molecule has 1 heterocycles. The summed E-state index contributed by atoms with van der Waals surface area (Å²) < 4.78 is 0. The Hall–Kier alpha value is -1.84. The Labute approximate surface area is 119 Å². The van der Waals surface area contributed by atoms with E-state index in [1.54, 1.807) is 12.1 Å². The van der Waals surface area contributed by atoms with Gasteiger partial charge in [-0.25, -0.2) is 4.79 Å². The zero-order valence-corrected chi connectivity index (χ0v) is 11.8. The van der Waals surface area contributed by atoms with Gasteiger partial charge >= 0.3 is 5.97 Å². The maximum atomic E-state index is 11.8. The molecule has 2 rings (SSSR count). The number of carbonyl (C=O) groups is 2. The number of aromatic carboxylic acids is 1. The molecule has 0 bridgehead atoms. The van der Waals surface area contributed by atoms with Crippen LogP contribution in [0.3, 0.4) is 0 Å². The highest BCUT2D eigenvalue weighted by atomic mass is 16.4. The minimum Gasteiger partial charge on any atom is -0.478 e. The molecule has 0 radical (unpaired) electrons. The molecular formula is C16H21NO3. The van der Waals surface area contributed by atoms with Gasteiger partial charge in [0, 0.05) is 19.0 Å². The number of amides is 1. The Balaban J connectivity index is 1.83. The van der Waals surface area contributed by atoms with E-state index in [2.05, 4.69) is 6.92 Å².